The number of morpholine rings is 1. The van der Waals surface area contributed by atoms with E-state index in [9.17, 15) is 13.2 Å². The van der Waals surface area contributed by atoms with Crippen LogP contribution in [-0.4, -0.2) is 57.0 Å². The molecule has 0 saturated carbocycles. The van der Waals surface area contributed by atoms with E-state index in [0.29, 0.717) is 32.1 Å². The van der Waals surface area contributed by atoms with E-state index in [0.717, 1.165) is 5.56 Å². The molecule has 8 nitrogen and oxygen atoms in total. The Balaban J connectivity index is 1.68. The summed E-state index contributed by atoms with van der Waals surface area (Å²) in [6, 6.07) is 8.71. The second-order valence-electron chi connectivity index (χ2n) is 5.76. The first kappa shape index (κ1) is 18.4. The molecule has 0 bridgehead atoms. The second-order valence-corrected chi connectivity index (χ2v) is 7.70. The number of aromatic nitrogens is 1. The Hall–Kier alpha value is -2.36. The Morgan fingerprint density at radius 2 is 2.04 bits per heavy atom. The number of nitrogens with one attached hydrogen (secondary N) is 2. The zero-order valence-corrected chi connectivity index (χ0v) is 15.2. The van der Waals surface area contributed by atoms with Gasteiger partial charge in [0, 0.05) is 31.4 Å². The fourth-order valence-electron chi connectivity index (χ4n) is 2.71. The highest BCUT2D eigenvalue weighted by atomic mass is 32.2. The number of amides is 1. The lowest BCUT2D eigenvalue weighted by Crippen LogP contribution is -2.40. The van der Waals surface area contributed by atoms with Crippen LogP contribution < -0.4 is 10.1 Å². The number of benzene rings is 1. The highest BCUT2D eigenvalue weighted by Gasteiger charge is 2.27. The van der Waals surface area contributed by atoms with Gasteiger partial charge in [0.2, 0.25) is 10.0 Å². The van der Waals surface area contributed by atoms with Crippen molar-refractivity contribution in [2.45, 2.75) is 11.4 Å². The minimum atomic E-state index is -3.63. The molecule has 0 radical (unpaired) electrons. The van der Waals surface area contributed by atoms with E-state index in [1.165, 1.54) is 16.6 Å². The molecule has 1 aromatic heterocycles. The van der Waals surface area contributed by atoms with Gasteiger partial charge in [0.05, 0.1) is 20.3 Å². The van der Waals surface area contributed by atoms with E-state index >= 15 is 0 Å². The van der Waals surface area contributed by atoms with Crippen molar-refractivity contribution in [1.82, 2.24) is 14.6 Å². The van der Waals surface area contributed by atoms with Crippen molar-refractivity contribution in [3.8, 4) is 5.75 Å². The first-order valence-electron chi connectivity index (χ1n) is 8.19. The SMILES string of the molecule is COc1ccccc1CNC(=O)c1cc(S(=O)(=O)N2CCOCC2)c[nH]1. The zero-order chi connectivity index (χ0) is 18.6. The van der Waals surface area contributed by atoms with E-state index in [4.69, 9.17) is 9.47 Å². The summed E-state index contributed by atoms with van der Waals surface area (Å²) in [4.78, 5) is 15.1. The monoisotopic (exact) mass is 379 g/mol. The summed E-state index contributed by atoms with van der Waals surface area (Å²) in [6.07, 6.45) is 1.34. The largest absolute Gasteiger partial charge is 0.496 e. The van der Waals surface area contributed by atoms with Gasteiger partial charge in [0.1, 0.15) is 16.3 Å². The number of rotatable bonds is 6. The molecule has 0 atom stereocenters. The number of carbonyl (C=O) groups excluding carboxylic acids is 1. The predicted octanol–water partition coefficient (Wildman–Crippen LogP) is 0.974. The van der Waals surface area contributed by atoms with Crippen LogP contribution in [0.2, 0.25) is 0 Å². The predicted molar refractivity (Wildman–Crippen MR) is 94.5 cm³/mol. The summed E-state index contributed by atoms with van der Waals surface area (Å²) in [5.41, 5.74) is 1.02. The number of ether oxygens (including phenoxy) is 2. The van der Waals surface area contributed by atoms with Crippen molar-refractivity contribution in [3.05, 3.63) is 47.8 Å². The lowest BCUT2D eigenvalue weighted by Gasteiger charge is -2.25. The molecule has 1 aliphatic rings. The summed E-state index contributed by atoms with van der Waals surface area (Å²) in [5.74, 6) is 0.286. The Morgan fingerprint density at radius 1 is 1.31 bits per heavy atom. The topological polar surface area (TPSA) is 101 Å². The Kier molecular flexibility index (Phi) is 5.60. The van der Waals surface area contributed by atoms with E-state index < -0.39 is 10.0 Å². The van der Waals surface area contributed by atoms with Gasteiger partial charge in [0.25, 0.3) is 5.91 Å². The Bertz CT molecular complexity index is 872. The molecular formula is C17H21N3O5S. The fraction of sp³-hybridized carbons (Fsp3) is 0.353. The summed E-state index contributed by atoms with van der Waals surface area (Å²) >= 11 is 0. The normalized spacial score (nSPS) is 15.6. The van der Waals surface area contributed by atoms with Crippen LogP contribution in [0.25, 0.3) is 0 Å². The first-order chi connectivity index (χ1) is 12.5. The van der Waals surface area contributed by atoms with Crippen LogP contribution >= 0.6 is 0 Å². The maximum atomic E-state index is 12.6. The molecule has 1 amide bonds. The minimum Gasteiger partial charge on any atom is -0.496 e. The van der Waals surface area contributed by atoms with E-state index in [2.05, 4.69) is 10.3 Å². The summed E-state index contributed by atoms with van der Waals surface area (Å²) in [7, 11) is -2.07. The van der Waals surface area contributed by atoms with Gasteiger partial charge in [-0.1, -0.05) is 18.2 Å². The average Bonchev–Trinajstić information content (AvgIpc) is 3.18. The Morgan fingerprint density at radius 3 is 2.77 bits per heavy atom. The van der Waals surface area contributed by atoms with Crippen molar-refractivity contribution in [3.63, 3.8) is 0 Å². The van der Waals surface area contributed by atoms with Gasteiger partial charge in [-0.3, -0.25) is 4.79 Å². The molecular weight excluding hydrogens is 358 g/mol. The minimum absolute atomic E-state index is 0.0711. The van der Waals surface area contributed by atoms with Gasteiger partial charge in [0.15, 0.2) is 0 Å². The van der Waals surface area contributed by atoms with Gasteiger partial charge in [-0.25, -0.2) is 8.42 Å². The number of para-hydroxylation sites is 1. The zero-order valence-electron chi connectivity index (χ0n) is 14.4. The molecule has 3 rings (SSSR count). The summed E-state index contributed by atoms with van der Waals surface area (Å²) in [6.45, 7) is 1.63. The number of hydrogen-bond acceptors (Lipinski definition) is 5. The molecule has 9 heteroatoms. The average molecular weight is 379 g/mol. The van der Waals surface area contributed by atoms with Crippen LogP contribution in [0.5, 0.6) is 5.75 Å². The molecule has 0 spiro atoms. The summed E-state index contributed by atoms with van der Waals surface area (Å²) in [5, 5.41) is 2.76. The summed E-state index contributed by atoms with van der Waals surface area (Å²) < 4.78 is 37.0. The van der Waals surface area contributed by atoms with Crippen LogP contribution in [0.15, 0.2) is 41.4 Å². The van der Waals surface area contributed by atoms with Gasteiger partial charge >= 0.3 is 0 Å². The molecule has 2 heterocycles. The highest BCUT2D eigenvalue weighted by molar-refractivity contribution is 7.89. The molecule has 26 heavy (non-hydrogen) atoms. The Labute approximate surface area is 152 Å². The van der Waals surface area contributed by atoms with Crippen LogP contribution in [-0.2, 0) is 21.3 Å². The maximum absolute atomic E-state index is 12.6. The lowest BCUT2D eigenvalue weighted by molar-refractivity contribution is 0.0730. The van der Waals surface area contributed by atoms with Gasteiger partial charge in [-0.2, -0.15) is 4.31 Å². The first-order valence-corrected chi connectivity index (χ1v) is 9.63. The van der Waals surface area contributed by atoms with E-state index in [-0.39, 0.29) is 23.0 Å². The number of hydrogen-bond donors (Lipinski definition) is 2. The quantitative estimate of drug-likeness (QED) is 0.779. The molecule has 0 aliphatic carbocycles. The van der Waals surface area contributed by atoms with Crippen LogP contribution in [0.1, 0.15) is 16.1 Å². The van der Waals surface area contributed by atoms with Gasteiger partial charge in [-0.15, -0.1) is 0 Å². The van der Waals surface area contributed by atoms with Gasteiger partial charge in [-0.05, 0) is 12.1 Å². The van der Waals surface area contributed by atoms with E-state index in [1.807, 2.05) is 24.3 Å². The third-order valence-corrected chi connectivity index (χ3v) is 6.02. The molecule has 1 saturated heterocycles. The molecule has 2 N–H and O–H groups in total. The molecule has 2 aromatic rings. The number of methoxy groups -OCH3 is 1. The van der Waals surface area contributed by atoms with Crippen LogP contribution in [0.4, 0.5) is 0 Å². The standard InChI is InChI=1S/C17H21N3O5S/c1-24-16-5-3-2-4-13(16)11-19-17(21)15-10-14(12-18-15)26(22,23)20-6-8-25-9-7-20/h2-5,10,12,18H,6-9,11H2,1H3,(H,19,21). The van der Waals surface area contributed by atoms with E-state index in [1.54, 1.807) is 7.11 Å². The number of aromatic amines is 1. The molecule has 0 unspecified atom stereocenters. The second kappa shape index (κ2) is 7.90. The van der Waals surface area contributed by atoms with Gasteiger partial charge < -0.3 is 19.8 Å². The molecule has 1 aliphatic heterocycles. The highest BCUT2D eigenvalue weighted by Crippen LogP contribution is 2.19. The van der Waals surface area contributed by atoms with Crippen LogP contribution in [0.3, 0.4) is 0 Å². The van der Waals surface area contributed by atoms with Crippen molar-refractivity contribution in [1.29, 1.82) is 0 Å². The fourth-order valence-corrected chi connectivity index (χ4v) is 4.11. The van der Waals surface area contributed by atoms with Crippen molar-refractivity contribution in [2.75, 3.05) is 33.4 Å². The number of H-pyrrole nitrogens is 1. The number of nitrogens with zero attached hydrogens (tertiary/aromatic N) is 1. The maximum Gasteiger partial charge on any atom is 0.268 e. The van der Waals surface area contributed by atoms with Crippen LogP contribution in [0, 0.1) is 0 Å². The number of carbonyl (C=O) groups is 1. The molecule has 1 aromatic carbocycles. The molecule has 1 fully saturated rings. The van der Waals surface area contributed by atoms with Crippen molar-refractivity contribution < 1.29 is 22.7 Å². The molecule has 140 valence electrons. The smallest absolute Gasteiger partial charge is 0.268 e. The van der Waals surface area contributed by atoms with Crippen molar-refractivity contribution in [2.24, 2.45) is 0 Å². The van der Waals surface area contributed by atoms with Crippen molar-refractivity contribution >= 4 is 15.9 Å². The third kappa shape index (κ3) is 3.90. The third-order valence-electron chi connectivity index (χ3n) is 4.14. The lowest BCUT2D eigenvalue weighted by atomic mass is 10.2. The number of sulfonamides is 1.